The molecule has 1 unspecified atom stereocenters. The van der Waals surface area contributed by atoms with Gasteiger partial charge in [-0.25, -0.2) is 0 Å². The van der Waals surface area contributed by atoms with Gasteiger partial charge in [0, 0.05) is 16.3 Å². The molecule has 0 radical (unpaired) electrons. The first-order chi connectivity index (χ1) is 8.19. The highest BCUT2D eigenvalue weighted by atomic mass is 32.1. The maximum Gasteiger partial charge on any atom is 0.104 e. The minimum atomic E-state index is 0.104. The summed E-state index contributed by atoms with van der Waals surface area (Å²) in [5.74, 6) is 0.871. The van der Waals surface area contributed by atoms with Crippen LogP contribution in [-0.4, -0.2) is 12.6 Å². The van der Waals surface area contributed by atoms with E-state index in [1.165, 1.54) is 35.4 Å². The summed E-state index contributed by atoms with van der Waals surface area (Å²) in [6.07, 6.45) is 5.51. The van der Waals surface area contributed by atoms with E-state index in [1.54, 1.807) is 11.3 Å². The Balaban J connectivity index is 1.91. The predicted octanol–water partition coefficient (Wildman–Crippen LogP) is 3.65. The largest absolute Gasteiger partial charge is 0.368 e. The third-order valence-electron chi connectivity index (χ3n) is 3.61. The molecule has 1 aliphatic rings. The van der Waals surface area contributed by atoms with Gasteiger partial charge < -0.3 is 10.5 Å². The van der Waals surface area contributed by atoms with Crippen LogP contribution in [0.25, 0.3) is 0 Å². The summed E-state index contributed by atoms with van der Waals surface area (Å²) in [5.41, 5.74) is 5.84. The second kappa shape index (κ2) is 5.98. The Labute approximate surface area is 108 Å². The van der Waals surface area contributed by atoms with Gasteiger partial charge in [-0.1, -0.05) is 6.92 Å². The lowest BCUT2D eigenvalue weighted by atomic mass is 9.89. The summed E-state index contributed by atoms with van der Waals surface area (Å²) >= 11 is 1.80. The quantitative estimate of drug-likeness (QED) is 0.889. The van der Waals surface area contributed by atoms with Crippen molar-refractivity contribution in [2.24, 2.45) is 11.7 Å². The molecule has 1 fully saturated rings. The molecule has 0 bridgehead atoms. The maximum atomic E-state index is 6.17. The van der Waals surface area contributed by atoms with Crippen LogP contribution in [0.15, 0.2) is 12.1 Å². The number of hydrogen-bond donors (Lipinski definition) is 1. The SMILES string of the molecule is Cc1ccc(C(CN)OC2CCC(C)CC2)s1. The summed E-state index contributed by atoms with van der Waals surface area (Å²) in [5, 5.41) is 0. The molecule has 2 N–H and O–H groups in total. The van der Waals surface area contributed by atoms with E-state index in [9.17, 15) is 0 Å². The fourth-order valence-electron chi connectivity index (χ4n) is 2.46. The van der Waals surface area contributed by atoms with Gasteiger partial charge in [-0.2, -0.15) is 0 Å². The van der Waals surface area contributed by atoms with E-state index in [2.05, 4.69) is 26.0 Å². The fourth-order valence-corrected chi connectivity index (χ4v) is 3.39. The molecular weight excluding hydrogens is 230 g/mol. The van der Waals surface area contributed by atoms with Crippen LogP contribution >= 0.6 is 11.3 Å². The van der Waals surface area contributed by atoms with E-state index in [1.807, 2.05) is 0 Å². The molecule has 1 saturated carbocycles. The first kappa shape index (κ1) is 13.1. The topological polar surface area (TPSA) is 35.2 Å². The van der Waals surface area contributed by atoms with Gasteiger partial charge in [0.2, 0.25) is 0 Å². The normalized spacial score (nSPS) is 27.0. The molecule has 3 heteroatoms. The van der Waals surface area contributed by atoms with E-state index in [-0.39, 0.29) is 6.10 Å². The predicted molar refractivity (Wildman–Crippen MR) is 73.4 cm³/mol. The van der Waals surface area contributed by atoms with E-state index < -0.39 is 0 Å². The summed E-state index contributed by atoms with van der Waals surface area (Å²) in [6.45, 7) is 5.05. The molecule has 0 spiro atoms. The number of aryl methyl sites for hydroxylation is 1. The average molecular weight is 253 g/mol. The van der Waals surface area contributed by atoms with Gasteiger partial charge in [0.05, 0.1) is 6.10 Å². The zero-order chi connectivity index (χ0) is 12.3. The third-order valence-corrected chi connectivity index (χ3v) is 4.70. The third kappa shape index (κ3) is 3.54. The Morgan fingerprint density at radius 1 is 1.35 bits per heavy atom. The number of rotatable bonds is 4. The van der Waals surface area contributed by atoms with E-state index >= 15 is 0 Å². The van der Waals surface area contributed by atoms with Gasteiger partial charge in [0.25, 0.3) is 0 Å². The molecule has 0 aliphatic heterocycles. The maximum absolute atomic E-state index is 6.17. The molecular formula is C14H23NOS. The second-order valence-corrected chi connectivity index (χ2v) is 6.51. The lowest BCUT2D eigenvalue weighted by molar-refractivity contribution is -0.0312. The van der Waals surface area contributed by atoms with E-state index in [0.29, 0.717) is 12.6 Å². The molecule has 1 aromatic rings. The van der Waals surface area contributed by atoms with Crippen LogP contribution in [0.1, 0.15) is 48.5 Å². The second-order valence-electron chi connectivity index (χ2n) is 5.19. The zero-order valence-corrected chi connectivity index (χ0v) is 11.6. The molecule has 0 aromatic carbocycles. The highest BCUT2D eigenvalue weighted by molar-refractivity contribution is 7.12. The van der Waals surface area contributed by atoms with Crippen molar-refractivity contribution in [3.63, 3.8) is 0 Å². The molecule has 1 heterocycles. The molecule has 1 aromatic heterocycles. The first-order valence-corrected chi connectivity index (χ1v) is 7.42. The van der Waals surface area contributed by atoms with Gasteiger partial charge in [-0.3, -0.25) is 0 Å². The average Bonchev–Trinajstić information content (AvgIpc) is 2.75. The van der Waals surface area contributed by atoms with Crippen LogP contribution in [0.3, 0.4) is 0 Å². The van der Waals surface area contributed by atoms with Crippen molar-refractivity contribution >= 4 is 11.3 Å². The minimum absolute atomic E-state index is 0.104. The lowest BCUT2D eigenvalue weighted by Gasteiger charge is -2.29. The smallest absolute Gasteiger partial charge is 0.104 e. The summed E-state index contributed by atoms with van der Waals surface area (Å²) in [7, 11) is 0. The van der Waals surface area contributed by atoms with Gasteiger partial charge in [-0.05, 0) is 50.7 Å². The number of nitrogens with two attached hydrogens (primary N) is 1. The molecule has 0 saturated heterocycles. The van der Waals surface area contributed by atoms with Crippen molar-refractivity contribution < 1.29 is 4.74 Å². The van der Waals surface area contributed by atoms with Crippen LogP contribution < -0.4 is 5.73 Å². The minimum Gasteiger partial charge on any atom is -0.368 e. The van der Waals surface area contributed by atoms with Crippen molar-refractivity contribution in [3.05, 3.63) is 21.9 Å². The Hall–Kier alpha value is -0.380. The van der Waals surface area contributed by atoms with Crippen LogP contribution in [0.4, 0.5) is 0 Å². The Morgan fingerprint density at radius 3 is 2.59 bits per heavy atom. The van der Waals surface area contributed by atoms with Crippen molar-refractivity contribution in [1.82, 2.24) is 0 Å². The first-order valence-electron chi connectivity index (χ1n) is 6.61. The summed E-state index contributed by atoms with van der Waals surface area (Å²) in [6, 6.07) is 4.30. The van der Waals surface area contributed by atoms with Crippen LogP contribution in [0.5, 0.6) is 0 Å². The summed E-state index contributed by atoms with van der Waals surface area (Å²) in [4.78, 5) is 2.61. The highest BCUT2D eigenvalue weighted by Crippen LogP contribution is 2.31. The van der Waals surface area contributed by atoms with E-state index in [0.717, 1.165) is 5.92 Å². The number of hydrogen-bond acceptors (Lipinski definition) is 3. The highest BCUT2D eigenvalue weighted by Gasteiger charge is 2.23. The van der Waals surface area contributed by atoms with Crippen LogP contribution in [0, 0.1) is 12.8 Å². The molecule has 2 rings (SSSR count). The standard InChI is InChI=1S/C14H23NOS/c1-10-3-6-12(7-4-10)16-13(9-15)14-8-5-11(2)17-14/h5,8,10,12-13H,3-4,6-7,9,15H2,1-2H3. The van der Waals surface area contributed by atoms with E-state index in [4.69, 9.17) is 10.5 Å². The molecule has 17 heavy (non-hydrogen) atoms. The monoisotopic (exact) mass is 253 g/mol. The van der Waals surface area contributed by atoms with Crippen LogP contribution in [-0.2, 0) is 4.74 Å². The molecule has 1 atom stereocenters. The van der Waals surface area contributed by atoms with Crippen LogP contribution in [0.2, 0.25) is 0 Å². The van der Waals surface area contributed by atoms with Crippen molar-refractivity contribution in [1.29, 1.82) is 0 Å². The van der Waals surface area contributed by atoms with Crippen molar-refractivity contribution in [2.45, 2.75) is 51.7 Å². The molecule has 2 nitrogen and oxygen atoms in total. The van der Waals surface area contributed by atoms with Gasteiger partial charge in [0.1, 0.15) is 6.10 Å². The van der Waals surface area contributed by atoms with Crippen molar-refractivity contribution in [2.75, 3.05) is 6.54 Å². The Bertz CT molecular complexity index is 342. The number of thiophene rings is 1. The molecule has 96 valence electrons. The number of ether oxygens (including phenoxy) is 1. The van der Waals surface area contributed by atoms with Gasteiger partial charge in [0.15, 0.2) is 0 Å². The lowest BCUT2D eigenvalue weighted by Crippen LogP contribution is -2.25. The van der Waals surface area contributed by atoms with Gasteiger partial charge in [-0.15, -0.1) is 11.3 Å². The van der Waals surface area contributed by atoms with Crippen molar-refractivity contribution in [3.8, 4) is 0 Å². The Kier molecular flexibility index (Phi) is 4.60. The zero-order valence-electron chi connectivity index (χ0n) is 10.8. The van der Waals surface area contributed by atoms with Gasteiger partial charge >= 0.3 is 0 Å². The fraction of sp³-hybridized carbons (Fsp3) is 0.714. The summed E-state index contributed by atoms with van der Waals surface area (Å²) < 4.78 is 6.17. The molecule has 0 amide bonds. The molecule has 1 aliphatic carbocycles. The Morgan fingerprint density at radius 2 is 2.06 bits per heavy atom.